The molecule has 0 unspecified atom stereocenters. The van der Waals surface area contributed by atoms with Gasteiger partial charge < -0.3 is 14.6 Å². The summed E-state index contributed by atoms with van der Waals surface area (Å²) >= 11 is 0. The number of methoxy groups -OCH3 is 1. The fraction of sp³-hybridized carbons (Fsp3) is 0.353. The van der Waals surface area contributed by atoms with Gasteiger partial charge in [-0.15, -0.1) is 0 Å². The van der Waals surface area contributed by atoms with Crippen molar-refractivity contribution in [2.45, 2.75) is 44.2 Å². The number of para-hydroxylation sites is 2. The van der Waals surface area contributed by atoms with Crippen LogP contribution in [0.4, 0.5) is 5.69 Å². The molecule has 7 rings (SSSR count). The first-order valence-corrected chi connectivity index (χ1v) is 14.9. The van der Waals surface area contributed by atoms with Gasteiger partial charge in [-0.3, -0.25) is 9.58 Å². The molecule has 1 aliphatic carbocycles. The highest BCUT2D eigenvalue weighted by Gasteiger charge is 2.29. The van der Waals surface area contributed by atoms with Gasteiger partial charge in [0.1, 0.15) is 11.6 Å². The Hall–Kier alpha value is -4.10. The fourth-order valence-electron chi connectivity index (χ4n) is 6.70. The Kier molecular flexibility index (Phi) is 7.19. The summed E-state index contributed by atoms with van der Waals surface area (Å²) in [6.45, 7) is 4.56. The molecule has 0 spiro atoms. The van der Waals surface area contributed by atoms with Crippen molar-refractivity contribution in [1.82, 2.24) is 24.6 Å². The number of hydrogen-bond donors (Lipinski definition) is 1. The zero-order valence-corrected chi connectivity index (χ0v) is 23.7. The molecular weight excluding hydrogens is 508 g/mol. The molecule has 0 radical (unpaired) electrons. The largest absolute Gasteiger partial charge is 0.496 e. The number of anilines is 1. The highest BCUT2D eigenvalue weighted by Crippen LogP contribution is 2.33. The van der Waals surface area contributed by atoms with Crippen molar-refractivity contribution in [3.05, 3.63) is 96.4 Å². The molecule has 3 aromatic carbocycles. The smallest absolute Gasteiger partial charge is 0.122 e. The number of fused-ring (bicyclic) bond motifs is 1. The molecule has 1 N–H and O–H groups in total. The van der Waals surface area contributed by atoms with Crippen molar-refractivity contribution in [2.75, 3.05) is 38.2 Å². The Morgan fingerprint density at radius 3 is 2.39 bits per heavy atom. The molecule has 41 heavy (non-hydrogen) atoms. The number of rotatable bonds is 7. The Morgan fingerprint density at radius 2 is 1.59 bits per heavy atom. The fourth-order valence-corrected chi connectivity index (χ4v) is 6.70. The van der Waals surface area contributed by atoms with Crippen LogP contribution in [-0.4, -0.2) is 64.0 Å². The number of H-pyrrole nitrogens is 1. The Morgan fingerprint density at radius 1 is 0.829 bits per heavy atom. The first kappa shape index (κ1) is 25.8. The Balaban J connectivity index is 0.967. The third-order valence-electron chi connectivity index (χ3n) is 8.98. The molecule has 1 saturated heterocycles. The molecule has 1 saturated carbocycles. The molecule has 0 atom stereocenters. The number of aromatic nitrogens is 4. The van der Waals surface area contributed by atoms with Gasteiger partial charge in [-0.1, -0.05) is 42.5 Å². The number of imidazole rings is 1. The number of aromatic amines is 1. The van der Waals surface area contributed by atoms with Crippen LogP contribution >= 0.6 is 0 Å². The van der Waals surface area contributed by atoms with Gasteiger partial charge in [-0.2, -0.15) is 5.10 Å². The van der Waals surface area contributed by atoms with Gasteiger partial charge in [0.15, 0.2) is 0 Å². The number of ether oxygens (including phenoxy) is 1. The van der Waals surface area contributed by atoms with Crippen LogP contribution in [0, 0.1) is 0 Å². The quantitative estimate of drug-likeness (QED) is 0.258. The number of nitrogens with one attached hydrogen (secondary N) is 1. The van der Waals surface area contributed by atoms with E-state index in [1.54, 1.807) is 7.11 Å². The molecular formula is C34H38N6O. The topological polar surface area (TPSA) is 62.2 Å². The molecule has 210 valence electrons. The van der Waals surface area contributed by atoms with Crippen LogP contribution < -0.4 is 9.64 Å². The number of piperazine rings is 1. The van der Waals surface area contributed by atoms with E-state index in [1.165, 1.54) is 31.4 Å². The lowest BCUT2D eigenvalue weighted by Crippen LogP contribution is -2.51. The minimum absolute atomic E-state index is 0.481. The van der Waals surface area contributed by atoms with E-state index in [9.17, 15) is 0 Å². The van der Waals surface area contributed by atoms with E-state index >= 15 is 0 Å². The summed E-state index contributed by atoms with van der Waals surface area (Å²) in [6, 6.07) is 28.7. The summed E-state index contributed by atoms with van der Waals surface area (Å²) in [6.07, 6.45) is 7.75. The molecule has 2 fully saturated rings. The summed E-state index contributed by atoms with van der Waals surface area (Å²) in [5, 5.41) is 5.03. The summed E-state index contributed by atoms with van der Waals surface area (Å²) in [5.41, 5.74) is 6.62. The van der Waals surface area contributed by atoms with E-state index in [0.29, 0.717) is 18.5 Å². The van der Waals surface area contributed by atoms with E-state index in [4.69, 9.17) is 14.8 Å². The Labute approximate surface area is 241 Å². The second kappa shape index (κ2) is 11.4. The van der Waals surface area contributed by atoms with Gasteiger partial charge in [0, 0.05) is 61.7 Å². The molecule has 7 nitrogen and oxygen atoms in total. The molecule has 2 aliphatic rings. The SMILES string of the molecule is COc1ccccc1Cc1nc2ccc(-c3ccn([C@H]4CC[C@@H](N5CCN(c6ccccc6)CC5)CC4)n3)cc2[nH]1. The maximum atomic E-state index is 5.52. The normalized spacial score (nSPS) is 20.0. The summed E-state index contributed by atoms with van der Waals surface area (Å²) in [7, 11) is 1.71. The van der Waals surface area contributed by atoms with Crippen molar-refractivity contribution < 1.29 is 4.74 Å². The summed E-state index contributed by atoms with van der Waals surface area (Å²) in [4.78, 5) is 13.6. The Bertz CT molecular complexity index is 1590. The maximum Gasteiger partial charge on any atom is 0.122 e. The monoisotopic (exact) mass is 546 g/mol. The lowest BCUT2D eigenvalue weighted by atomic mass is 9.90. The number of nitrogens with zero attached hydrogens (tertiary/aromatic N) is 5. The van der Waals surface area contributed by atoms with Gasteiger partial charge in [0.25, 0.3) is 0 Å². The first-order chi connectivity index (χ1) is 20.2. The lowest BCUT2D eigenvalue weighted by molar-refractivity contribution is 0.128. The first-order valence-electron chi connectivity index (χ1n) is 14.9. The third kappa shape index (κ3) is 5.46. The predicted octanol–water partition coefficient (Wildman–Crippen LogP) is 6.33. The van der Waals surface area contributed by atoms with E-state index in [-0.39, 0.29) is 0 Å². The number of benzene rings is 3. The van der Waals surface area contributed by atoms with E-state index in [1.807, 2.05) is 18.2 Å². The van der Waals surface area contributed by atoms with Crippen molar-refractivity contribution in [1.29, 1.82) is 0 Å². The average Bonchev–Trinajstić information content (AvgIpc) is 3.69. The molecule has 7 heteroatoms. The zero-order chi connectivity index (χ0) is 27.6. The number of hydrogen-bond acceptors (Lipinski definition) is 5. The van der Waals surface area contributed by atoms with Crippen LogP contribution in [0.2, 0.25) is 0 Å². The van der Waals surface area contributed by atoms with Crippen molar-refractivity contribution >= 4 is 16.7 Å². The van der Waals surface area contributed by atoms with Gasteiger partial charge in [-0.05, 0) is 62.1 Å². The molecule has 1 aliphatic heterocycles. The highest BCUT2D eigenvalue weighted by atomic mass is 16.5. The van der Waals surface area contributed by atoms with Gasteiger partial charge in [-0.25, -0.2) is 4.98 Å². The van der Waals surface area contributed by atoms with Crippen molar-refractivity contribution in [3.63, 3.8) is 0 Å². The van der Waals surface area contributed by atoms with E-state index in [0.717, 1.165) is 65.6 Å². The third-order valence-corrected chi connectivity index (χ3v) is 8.98. The highest BCUT2D eigenvalue weighted by molar-refractivity contribution is 5.81. The second-order valence-electron chi connectivity index (χ2n) is 11.4. The van der Waals surface area contributed by atoms with E-state index < -0.39 is 0 Å². The van der Waals surface area contributed by atoms with Crippen molar-refractivity contribution in [2.24, 2.45) is 0 Å². The van der Waals surface area contributed by atoms with Crippen LogP contribution in [0.5, 0.6) is 5.75 Å². The minimum atomic E-state index is 0.481. The van der Waals surface area contributed by atoms with Crippen LogP contribution in [0.15, 0.2) is 85.1 Å². The maximum absolute atomic E-state index is 5.52. The zero-order valence-electron chi connectivity index (χ0n) is 23.7. The average molecular weight is 547 g/mol. The summed E-state index contributed by atoms with van der Waals surface area (Å²) in [5.74, 6) is 1.82. The second-order valence-corrected chi connectivity index (χ2v) is 11.4. The molecule has 5 aromatic rings. The van der Waals surface area contributed by atoms with Crippen LogP contribution in [0.1, 0.15) is 43.1 Å². The molecule has 0 bridgehead atoms. The van der Waals surface area contributed by atoms with Crippen LogP contribution in [0.3, 0.4) is 0 Å². The molecule has 0 amide bonds. The van der Waals surface area contributed by atoms with Gasteiger partial charge in [0.05, 0.1) is 29.9 Å². The lowest BCUT2D eigenvalue weighted by Gasteiger charge is -2.42. The predicted molar refractivity (Wildman–Crippen MR) is 165 cm³/mol. The van der Waals surface area contributed by atoms with Crippen LogP contribution in [-0.2, 0) is 6.42 Å². The minimum Gasteiger partial charge on any atom is -0.496 e. The molecule has 2 aromatic heterocycles. The molecule has 3 heterocycles. The standard InChI is InChI=1S/C34H38N6O/c1-41-33-10-6-5-7-26(33)24-34-35-31-16-11-25(23-32(31)36-34)30-17-18-40(37-30)29-14-12-28(13-15-29)39-21-19-38(20-22-39)27-8-3-2-4-9-27/h2-11,16-18,23,28-29H,12-15,19-22,24H2,1H3,(H,35,36)/t28-,29+. The van der Waals surface area contributed by atoms with E-state index in [2.05, 4.69) is 86.3 Å². The van der Waals surface area contributed by atoms with Gasteiger partial charge >= 0.3 is 0 Å². The van der Waals surface area contributed by atoms with Crippen LogP contribution in [0.25, 0.3) is 22.3 Å². The summed E-state index contributed by atoms with van der Waals surface area (Å²) < 4.78 is 7.73. The van der Waals surface area contributed by atoms with Crippen molar-refractivity contribution in [3.8, 4) is 17.0 Å². The van der Waals surface area contributed by atoms with Gasteiger partial charge in [0.2, 0.25) is 0 Å².